The van der Waals surface area contributed by atoms with Crippen molar-refractivity contribution in [1.29, 1.82) is 0 Å². The maximum atomic E-state index is 15.8. The fourth-order valence-corrected chi connectivity index (χ4v) is 9.13. The summed E-state index contributed by atoms with van der Waals surface area (Å²) in [6, 6.07) is 27.0. The predicted octanol–water partition coefficient (Wildman–Crippen LogP) is 5.76. The molecule has 218 valence electrons. The molecule has 0 fully saturated rings. The molecule has 2 nitrogen and oxygen atoms in total. The molecule has 0 atom stereocenters. The molecule has 0 aromatic heterocycles. The molecule has 0 amide bonds. The van der Waals surface area contributed by atoms with Crippen LogP contribution in [0, 0.1) is 29.1 Å². The zero-order chi connectivity index (χ0) is 31.0. The molecule has 0 unspecified atom stereocenters. The molecule has 6 aromatic carbocycles. The van der Waals surface area contributed by atoms with E-state index in [-0.39, 0.29) is 18.2 Å². The molecule has 4 aliphatic rings. The fourth-order valence-electron chi connectivity index (χ4n) is 7.95. The maximum Gasteiger partial charge on any atom is 0.252 e. The van der Waals surface area contributed by atoms with Crippen LogP contribution < -0.4 is 42.6 Å². The average Bonchev–Trinajstić information content (AvgIpc) is 3.04. The van der Waals surface area contributed by atoms with Gasteiger partial charge in [0.1, 0.15) is 34.8 Å². The van der Waals surface area contributed by atoms with E-state index in [0.717, 1.165) is 37.6 Å². The van der Waals surface area contributed by atoms with E-state index < -0.39 is 30.0 Å². The smallest absolute Gasteiger partial charge is 0.252 e. The Morgan fingerprint density at radius 2 is 0.957 bits per heavy atom. The van der Waals surface area contributed by atoms with Crippen molar-refractivity contribution in [3.63, 3.8) is 0 Å². The number of anilines is 6. The second-order valence-corrected chi connectivity index (χ2v) is 13.0. The van der Waals surface area contributed by atoms with Crippen LogP contribution in [-0.2, 0) is 0 Å². The Hall–Kier alpha value is -4.95. The molecule has 0 aliphatic carbocycles. The van der Waals surface area contributed by atoms with Gasteiger partial charge in [0, 0.05) is 38.2 Å². The van der Waals surface area contributed by atoms with E-state index in [4.69, 9.17) is 0 Å². The minimum Gasteiger partial charge on any atom is -0.312 e. The highest BCUT2D eigenvalue weighted by Crippen LogP contribution is 2.48. The molecule has 4 aliphatic heterocycles. The lowest BCUT2D eigenvalue weighted by Crippen LogP contribution is -2.68. The molecule has 0 N–H and O–H groups in total. The van der Waals surface area contributed by atoms with Crippen LogP contribution in [0.5, 0.6) is 0 Å². The van der Waals surface area contributed by atoms with Crippen LogP contribution in [0.3, 0.4) is 0 Å². The average molecular weight is 626 g/mol. The standard InChI is InChI=1S/C36H17B2F5N2S/c39-18-8-11-27-22(14-18)37-21-4-1-2-7-31(21)46-32-17-30-33-36(34(32)37)44(27)28-12-9-19(40)15-23(28)38(33)24-16-20(41)10-13-29(24)45(30)35-25(42)5-3-6-26(35)43/h1-17H. The van der Waals surface area contributed by atoms with Crippen LogP contribution in [0.15, 0.2) is 113 Å². The summed E-state index contributed by atoms with van der Waals surface area (Å²) in [5, 5.41) is 0. The van der Waals surface area contributed by atoms with Gasteiger partial charge in [0.15, 0.2) is 0 Å². The number of hydrogen-bond donors (Lipinski definition) is 0. The Bertz CT molecular complexity index is 2350. The maximum absolute atomic E-state index is 15.8. The van der Waals surface area contributed by atoms with Crippen LogP contribution >= 0.6 is 11.8 Å². The number of halogens is 5. The molecule has 0 saturated carbocycles. The normalized spacial score (nSPS) is 14.4. The Balaban J connectivity index is 1.41. The van der Waals surface area contributed by atoms with E-state index >= 15 is 22.0 Å². The second-order valence-electron chi connectivity index (χ2n) is 11.9. The number of para-hydroxylation sites is 1. The lowest BCUT2D eigenvalue weighted by molar-refractivity contribution is 0.586. The first-order valence-corrected chi connectivity index (χ1v) is 15.6. The summed E-state index contributed by atoms with van der Waals surface area (Å²) < 4.78 is 76.9. The lowest BCUT2D eigenvalue weighted by atomic mass is 9.29. The quantitative estimate of drug-likeness (QED) is 0.169. The van der Waals surface area contributed by atoms with Crippen molar-refractivity contribution < 1.29 is 22.0 Å². The molecule has 6 aromatic rings. The highest BCUT2D eigenvalue weighted by atomic mass is 32.2. The van der Waals surface area contributed by atoms with Gasteiger partial charge in [-0.15, -0.1) is 0 Å². The van der Waals surface area contributed by atoms with Crippen molar-refractivity contribution in [3.05, 3.63) is 132 Å². The summed E-state index contributed by atoms with van der Waals surface area (Å²) in [6.07, 6.45) is 0. The third-order valence-electron chi connectivity index (χ3n) is 9.60. The predicted molar refractivity (Wildman–Crippen MR) is 175 cm³/mol. The molecular formula is C36H17B2F5N2S. The van der Waals surface area contributed by atoms with E-state index in [1.807, 2.05) is 35.2 Å². The first-order chi connectivity index (χ1) is 22.4. The SMILES string of the molecule is Fc1ccc2c(c1)B1c3cc(F)ccc3N3c4ccc(F)cc4B4c5ccccc5Sc5cc(c1c3c54)N2c1c(F)cccc1F. The van der Waals surface area contributed by atoms with Crippen LogP contribution in [0.4, 0.5) is 56.1 Å². The highest BCUT2D eigenvalue weighted by Gasteiger charge is 2.51. The summed E-state index contributed by atoms with van der Waals surface area (Å²) in [5.41, 5.74) is 7.21. The third-order valence-corrected chi connectivity index (χ3v) is 10.7. The van der Waals surface area contributed by atoms with Crippen LogP contribution in [0.25, 0.3) is 0 Å². The Kier molecular flexibility index (Phi) is 5.18. The van der Waals surface area contributed by atoms with Gasteiger partial charge in [-0.25, -0.2) is 22.0 Å². The van der Waals surface area contributed by atoms with Crippen molar-refractivity contribution in [2.45, 2.75) is 9.79 Å². The molecular weight excluding hydrogens is 609 g/mol. The summed E-state index contributed by atoms with van der Waals surface area (Å²) in [4.78, 5) is 5.39. The van der Waals surface area contributed by atoms with Gasteiger partial charge < -0.3 is 9.80 Å². The fraction of sp³-hybridized carbons (Fsp3) is 0. The largest absolute Gasteiger partial charge is 0.312 e. The lowest BCUT2D eigenvalue weighted by Gasteiger charge is -2.49. The first-order valence-electron chi connectivity index (χ1n) is 14.8. The van der Waals surface area contributed by atoms with Crippen molar-refractivity contribution in [2.24, 2.45) is 0 Å². The zero-order valence-electron chi connectivity index (χ0n) is 23.7. The van der Waals surface area contributed by atoms with Gasteiger partial charge in [0.25, 0.3) is 6.71 Å². The van der Waals surface area contributed by atoms with Gasteiger partial charge in [-0.1, -0.05) is 41.5 Å². The third kappa shape index (κ3) is 3.29. The van der Waals surface area contributed by atoms with Crippen LogP contribution in [0.1, 0.15) is 0 Å². The summed E-state index contributed by atoms with van der Waals surface area (Å²) in [5.74, 6) is -2.92. The summed E-state index contributed by atoms with van der Waals surface area (Å²) >= 11 is 1.55. The Morgan fingerprint density at radius 1 is 0.435 bits per heavy atom. The van der Waals surface area contributed by atoms with Crippen molar-refractivity contribution in [1.82, 2.24) is 0 Å². The molecule has 0 radical (unpaired) electrons. The van der Waals surface area contributed by atoms with Gasteiger partial charge in [0.05, 0.1) is 0 Å². The van der Waals surface area contributed by atoms with Gasteiger partial charge in [-0.05, 0) is 106 Å². The van der Waals surface area contributed by atoms with Crippen LogP contribution in [0.2, 0.25) is 0 Å². The number of benzene rings is 6. The van der Waals surface area contributed by atoms with Crippen molar-refractivity contribution >= 4 is 92.1 Å². The molecule has 10 rings (SSSR count). The van der Waals surface area contributed by atoms with Crippen molar-refractivity contribution in [2.75, 3.05) is 9.80 Å². The number of hydrogen-bond acceptors (Lipinski definition) is 3. The molecule has 10 heteroatoms. The molecule has 0 bridgehead atoms. The monoisotopic (exact) mass is 626 g/mol. The summed E-state index contributed by atoms with van der Waals surface area (Å²) in [7, 11) is 0. The zero-order valence-corrected chi connectivity index (χ0v) is 24.5. The van der Waals surface area contributed by atoms with Gasteiger partial charge >= 0.3 is 0 Å². The van der Waals surface area contributed by atoms with Gasteiger partial charge in [-0.2, -0.15) is 0 Å². The first kappa shape index (κ1) is 26.3. The summed E-state index contributed by atoms with van der Waals surface area (Å²) in [6.45, 7) is -0.997. The second kappa shape index (κ2) is 9.07. The molecule has 4 heterocycles. The van der Waals surface area contributed by atoms with E-state index in [1.54, 1.807) is 30.0 Å². The van der Waals surface area contributed by atoms with E-state index in [0.29, 0.717) is 33.5 Å². The highest BCUT2D eigenvalue weighted by molar-refractivity contribution is 8.00. The van der Waals surface area contributed by atoms with E-state index in [9.17, 15) is 0 Å². The molecule has 0 saturated heterocycles. The number of rotatable bonds is 1. The Morgan fingerprint density at radius 3 is 1.54 bits per heavy atom. The molecule has 46 heavy (non-hydrogen) atoms. The Labute approximate surface area is 265 Å². The van der Waals surface area contributed by atoms with Crippen LogP contribution in [-0.4, -0.2) is 13.4 Å². The van der Waals surface area contributed by atoms with Crippen molar-refractivity contribution in [3.8, 4) is 0 Å². The van der Waals surface area contributed by atoms with Gasteiger partial charge in [-0.3, -0.25) is 0 Å². The minimum atomic E-state index is -0.775. The van der Waals surface area contributed by atoms with E-state index in [1.165, 1.54) is 59.5 Å². The minimum absolute atomic E-state index is 0.287. The molecule has 0 spiro atoms. The number of fused-ring (bicyclic) bond motifs is 10. The van der Waals surface area contributed by atoms with E-state index in [2.05, 4.69) is 0 Å². The van der Waals surface area contributed by atoms with Gasteiger partial charge in [0.2, 0.25) is 6.71 Å². The topological polar surface area (TPSA) is 6.48 Å². The number of nitrogens with zero attached hydrogens (tertiary/aromatic N) is 2.